The number of fused-ring (bicyclic) bond motifs is 1. The summed E-state index contributed by atoms with van der Waals surface area (Å²) in [5, 5.41) is 6.18. The smallest absolute Gasteiger partial charge is 0.158 e. The Balaban J connectivity index is 2.29. The zero-order valence-corrected chi connectivity index (χ0v) is 11.4. The summed E-state index contributed by atoms with van der Waals surface area (Å²) < 4.78 is 5.69. The van der Waals surface area contributed by atoms with Gasteiger partial charge in [-0.15, -0.1) is 11.3 Å². The van der Waals surface area contributed by atoms with Crippen molar-refractivity contribution in [3.8, 4) is 0 Å². The van der Waals surface area contributed by atoms with E-state index in [-0.39, 0.29) is 5.60 Å². The summed E-state index contributed by atoms with van der Waals surface area (Å²) in [5.74, 6) is 1.59. The van der Waals surface area contributed by atoms with Crippen LogP contribution in [0.2, 0.25) is 0 Å². The monoisotopic (exact) mass is 251 g/mol. The first-order chi connectivity index (χ1) is 7.99. The van der Waals surface area contributed by atoms with Gasteiger partial charge in [-0.05, 0) is 32.2 Å². The molecular formula is C12H17N3OS. The molecule has 0 unspecified atom stereocenters. The number of aromatic nitrogens is 2. The average molecular weight is 251 g/mol. The lowest BCUT2D eigenvalue weighted by atomic mass is 10.2. The molecule has 2 aromatic heterocycles. The van der Waals surface area contributed by atoms with E-state index >= 15 is 0 Å². The zero-order valence-electron chi connectivity index (χ0n) is 10.6. The largest absolute Gasteiger partial charge is 0.372 e. The van der Waals surface area contributed by atoms with Crippen molar-refractivity contribution in [3.63, 3.8) is 0 Å². The van der Waals surface area contributed by atoms with Crippen molar-refractivity contribution in [2.45, 2.75) is 33.0 Å². The normalized spacial score (nSPS) is 12.0. The van der Waals surface area contributed by atoms with E-state index in [2.05, 4.69) is 15.3 Å². The summed E-state index contributed by atoms with van der Waals surface area (Å²) in [4.78, 5) is 9.94. The number of rotatable bonds is 3. The molecule has 0 aliphatic heterocycles. The van der Waals surface area contributed by atoms with Crippen LogP contribution in [0.15, 0.2) is 11.4 Å². The topological polar surface area (TPSA) is 47.0 Å². The summed E-state index contributed by atoms with van der Waals surface area (Å²) in [5.41, 5.74) is -0.173. The van der Waals surface area contributed by atoms with E-state index in [0.29, 0.717) is 6.61 Å². The van der Waals surface area contributed by atoms with Gasteiger partial charge in [0.15, 0.2) is 5.82 Å². The summed E-state index contributed by atoms with van der Waals surface area (Å²) >= 11 is 1.62. The number of hydrogen-bond donors (Lipinski definition) is 1. The van der Waals surface area contributed by atoms with Gasteiger partial charge in [0.25, 0.3) is 0 Å². The molecule has 0 aliphatic carbocycles. The van der Waals surface area contributed by atoms with Crippen molar-refractivity contribution < 1.29 is 4.74 Å². The number of hydrogen-bond acceptors (Lipinski definition) is 5. The fraction of sp³-hybridized carbons (Fsp3) is 0.500. The molecule has 2 rings (SSSR count). The fourth-order valence-corrected chi connectivity index (χ4v) is 2.22. The Morgan fingerprint density at radius 1 is 1.35 bits per heavy atom. The van der Waals surface area contributed by atoms with E-state index in [1.165, 1.54) is 0 Å². The van der Waals surface area contributed by atoms with Crippen LogP contribution in [0.5, 0.6) is 0 Å². The van der Waals surface area contributed by atoms with E-state index in [1.54, 1.807) is 11.3 Å². The molecule has 4 nitrogen and oxygen atoms in total. The summed E-state index contributed by atoms with van der Waals surface area (Å²) in [6, 6.07) is 2.03. The molecule has 0 fully saturated rings. The van der Waals surface area contributed by atoms with Crippen molar-refractivity contribution >= 4 is 27.4 Å². The van der Waals surface area contributed by atoms with Gasteiger partial charge in [0.2, 0.25) is 0 Å². The number of ether oxygens (including phenoxy) is 1. The molecule has 92 valence electrons. The first-order valence-corrected chi connectivity index (χ1v) is 6.43. The third-order valence-electron chi connectivity index (χ3n) is 2.24. The molecule has 2 aromatic rings. The molecular weight excluding hydrogens is 234 g/mol. The molecule has 5 heteroatoms. The van der Waals surface area contributed by atoms with Crippen molar-refractivity contribution in [1.29, 1.82) is 0 Å². The van der Waals surface area contributed by atoms with Crippen LogP contribution in [-0.4, -0.2) is 22.6 Å². The van der Waals surface area contributed by atoms with Gasteiger partial charge in [0.1, 0.15) is 17.3 Å². The van der Waals surface area contributed by atoms with E-state index in [1.807, 2.05) is 39.3 Å². The standard InChI is InChI=1S/C12H17N3OS/c1-12(2,3)16-7-9-14-10(13-4)8-5-6-17-11(8)15-9/h5-6H,7H2,1-4H3,(H,13,14,15). The highest BCUT2D eigenvalue weighted by Crippen LogP contribution is 2.25. The molecule has 0 bridgehead atoms. The molecule has 0 aromatic carbocycles. The Bertz CT molecular complexity index is 516. The van der Waals surface area contributed by atoms with Crippen molar-refractivity contribution in [2.24, 2.45) is 0 Å². The lowest BCUT2D eigenvalue weighted by molar-refractivity contribution is -0.0179. The molecule has 0 radical (unpaired) electrons. The van der Waals surface area contributed by atoms with Crippen LogP contribution in [0, 0.1) is 0 Å². The third kappa shape index (κ3) is 2.92. The maximum Gasteiger partial charge on any atom is 0.158 e. The molecule has 0 saturated carbocycles. The van der Waals surface area contributed by atoms with Crippen molar-refractivity contribution in [1.82, 2.24) is 9.97 Å². The van der Waals surface area contributed by atoms with Crippen LogP contribution < -0.4 is 5.32 Å². The Hall–Kier alpha value is -1.20. The number of nitrogens with one attached hydrogen (secondary N) is 1. The second-order valence-electron chi connectivity index (χ2n) is 4.78. The van der Waals surface area contributed by atoms with Gasteiger partial charge in [-0.2, -0.15) is 0 Å². The Kier molecular flexibility index (Phi) is 3.31. The minimum Gasteiger partial charge on any atom is -0.372 e. The summed E-state index contributed by atoms with van der Waals surface area (Å²) in [6.45, 7) is 6.51. The molecule has 0 spiro atoms. The van der Waals surface area contributed by atoms with E-state index in [0.717, 1.165) is 21.9 Å². The van der Waals surface area contributed by atoms with Gasteiger partial charge in [-0.3, -0.25) is 0 Å². The maximum atomic E-state index is 5.69. The Labute approximate surface area is 105 Å². The molecule has 0 saturated heterocycles. The number of anilines is 1. The molecule has 1 N–H and O–H groups in total. The first-order valence-electron chi connectivity index (χ1n) is 5.55. The highest BCUT2D eigenvalue weighted by atomic mass is 32.1. The SMILES string of the molecule is CNc1nc(COC(C)(C)C)nc2sccc12. The van der Waals surface area contributed by atoms with Crippen LogP contribution in [0.4, 0.5) is 5.82 Å². The molecule has 2 heterocycles. The number of thiophene rings is 1. The van der Waals surface area contributed by atoms with Crippen LogP contribution >= 0.6 is 11.3 Å². The molecule has 17 heavy (non-hydrogen) atoms. The van der Waals surface area contributed by atoms with Crippen LogP contribution in [0.3, 0.4) is 0 Å². The maximum absolute atomic E-state index is 5.69. The summed E-state index contributed by atoms with van der Waals surface area (Å²) in [6.07, 6.45) is 0. The predicted molar refractivity (Wildman–Crippen MR) is 71.5 cm³/mol. The highest BCUT2D eigenvalue weighted by molar-refractivity contribution is 7.16. The highest BCUT2D eigenvalue weighted by Gasteiger charge is 2.13. The third-order valence-corrected chi connectivity index (χ3v) is 3.05. The van der Waals surface area contributed by atoms with Crippen LogP contribution in [0.1, 0.15) is 26.6 Å². The van der Waals surface area contributed by atoms with Crippen LogP contribution in [-0.2, 0) is 11.3 Å². The minimum atomic E-state index is -0.173. The van der Waals surface area contributed by atoms with Gasteiger partial charge >= 0.3 is 0 Å². The first kappa shape index (κ1) is 12.3. The van der Waals surface area contributed by atoms with Gasteiger partial charge in [-0.1, -0.05) is 0 Å². The predicted octanol–water partition coefficient (Wildman–Crippen LogP) is 3.05. The quantitative estimate of drug-likeness (QED) is 0.910. The second-order valence-corrected chi connectivity index (χ2v) is 5.67. The van der Waals surface area contributed by atoms with Gasteiger partial charge < -0.3 is 10.1 Å². The molecule has 0 aliphatic rings. The lowest BCUT2D eigenvalue weighted by Gasteiger charge is -2.18. The van der Waals surface area contributed by atoms with Gasteiger partial charge in [0, 0.05) is 7.05 Å². The van der Waals surface area contributed by atoms with Crippen molar-refractivity contribution in [2.75, 3.05) is 12.4 Å². The van der Waals surface area contributed by atoms with E-state index in [9.17, 15) is 0 Å². The average Bonchev–Trinajstić information content (AvgIpc) is 2.72. The van der Waals surface area contributed by atoms with Crippen molar-refractivity contribution in [3.05, 3.63) is 17.3 Å². The van der Waals surface area contributed by atoms with E-state index in [4.69, 9.17) is 4.74 Å². The molecule has 0 amide bonds. The zero-order chi connectivity index (χ0) is 12.5. The van der Waals surface area contributed by atoms with E-state index < -0.39 is 0 Å². The van der Waals surface area contributed by atoms with Crippen LogP contribution in [0.25, 0.3) is 10.2 Å². The number of nitrogens with zero attached hydrogens (tertiary/aromatic N) is 2. The fourth-order valence-electron chi connectivity index (χ4n) is 1.44. The Morgan fingerprint density at radius 2 is 2.12 bits per heavy atom. The molecule has 0 atom stereocenters. The summed E-state index contributed by atoms with van der Waals surface area (Å²) in [7, 11) is 1.87. The van der Waals surface area contributed by atoms with Gasteiger partial charge in [-0.25, -0.2) is 9.97 Å². The Morgan fingerprint density at radius 3 is 2.76 bits per heavy atom. The lowest BCUT2D eigenvalue weighted by Crippen LogP contribution is -2.19. The second kappa shape index (κ2) is 4.58. The van der Waals surface area contributed by atoms with Gasteiger partial charge in [0.05, 0.1) is 11.0 Å². The minimum absolute atomic E-state index is 0.173.